The number of nitrogens with one attached hydrogen (secondary N) is 1. The van der Waals surface area contributed by atoms with E-state index < -0.39 is 0 Å². The summed E-state index contributed by atoms with van der Waals surface area (Å²) in [6.07, 6.45) is 4.93. The Hall–Kier alpha value is -1.58. The molecule has 1 aliphatic carbocycles. The Morgan fingerprint density at radius 3 is 2.76 bits per heavy atom. The van der Waals surface area contributed by atoms with Crippen LogP contribution in [0.3, 0.4) is 0 Å². The normalized spacial score (nSPS) is 14.6. The van der Waals surface area contributed by atoms with Crippen LogP contribution in [-0.2, 0) is 0 Å². The fraction of sp³-hybridized carbons (Fsp3) is 0.538. The van der Waals surface area contributed by atoms with Crippen molar-refractivity contribution in [3.8, 4) is 0 Å². The van der Waals surface area contributed by atoms with Crippen LogP contribution in [0.4, 0.5) is 0 Å². The minimum Gasteiger partial charge on any atom is -0.338 e. The Labute approximate surface area is 101 Å². The number of amides is 1. The smallest absolute Gasteiger partial charge is 0.255 e. The average molecular weight is 234 g/mol. The number of rotatable bonds is 5. The molecule has 0 unspecified atom stereocenters. The SMILES string of the molecule is CCCN(CC1CC1)C(=O)c1ccc(=O)[nH]c1. The number of carbonyl (C=O) groups excluding carboxylic acids is 1. The first-order chi connectivity index (χ1) is 8.20. The van der Waals surface area contributed by atoms with Crippen molar-refractivity contribution in [1.29, 1.82) is 0 Å². The molecule has 0 bridgehead atoms. The van der Waals surface area contributed by atoms with Crippen molar-refractivity contribution < 1.29 is 4.79 Å². The molecule has 1 N–H and O–H groups in total. The summed E-state index contributed by atoms with van der Waals surface area (Å²) < 4.78 is 0. The zero-order valence-electron chi connectivity index (χ0n) is 10.1. The van der Waals surface area contributed by atoms with Gasteiger partial charge in [-0.2, -0.15) is 0 Å². The summed E-state index contributed by atoms with van der Waals surface area (Å²) in [7, 11) is 0. The van der Waals surface area contributed by atoms with Crippen LogP contribution in [0.5, 0.6) is 0 Å². The molecular formula is C13H18N2O2. The second-order valence-corrected chi connectivity index (χ2v) is 4.64. The highest BCUT2D eigenvalue weighted by molar-refractivity contribution is 5.93. The molecule has 0 atom stereocenters. The van der Waals surface area contributed by atoms with E-state index >= 15 is 0 Å². The first-order valence-corrected chi connectivity index (χ1v) is 6.18. The molecule has 2 rings (SSSR count). The van der Waals surface area contributed by atoms with Gasteiger partial charge in [-0.05, 0) is 31.2 Å². The van der Waals surface area contributed by atoms with Crippen molar-refractivity contribution in [2.24, 2.45) is 5.92 Å². The minimum atomic E-state index is -0.175. The summed E-state index contributed by atoms with van der Waals surface area (Å²) in [6.45, 7) is 3.71. The van der Waals surface area contributed by atoms with E-state index in [9.17, 15) is 9.59 Å². The number of carbonyl (C=O) groups is 1. The highest BCUT2D eigenvalue weighted by Gasteiger charge is 2.26. The number of pyridine rings is 1. The molecule has 17 heavy (non-hydrogen) atoms. The predicted octanol–water partition coefficient (Wildman–Crippen LogP) is 1.64. The van der Waals surface area contributed by atoms with Gasteiger partial charge in [0.25, 0.3) is 5.91 Å². The van der Waals surface area contributed by atoms with Gasteiger partial charge >= 0.3 is 0 Å². The van der Waals surface area contributed by atoms with E-state index in [1.807, 2.05) is 4.90 Å². The third-order valence-electron chi connectivity index (χ3n) is 2.99. The molecule has 0 aromatic carbocycles. The number of aromatic nitrogens is 1. The van der Waals surface area contributed by atoms with Crippen LogP contribution in [0.25, 0.3) is 0 Å². The molecule has 1 heterocycles. The monoisotopic (exact) mass is 234 g/mol. The zero-order valence-corrected chi connectivity index (χ0v) is 10.1. The van der Waals surface area contributed by atoms with Crippen LogP contribution in [0.2, 0.25) is 0 Å². The van der Waals surface area contributed by atoms with Crippen LogP contribution >= 0.6 is 0 Å². The van der Waals surface area contributed by atoms with Gasteiger partial charge in [0.1, 0.15) is 0 Å². The highest BCUT2D eigenvalue weighted by Crippen LogP contribution is 2.30. The van der Waals surface area contributed by atoms with Crippen molar-refractivity contribution >= 4 is 5.91 Å². The molecule has 92 valence electrons. The molecule has 1 amide bonds. The molecule has 1 aliphatic rings. The van der Waals surface area contributed by atoms with Gasteiger partial charge in [0, 0.05) is 25.4 Å². The van der Waals surface area contributed by atoms with Gasteiger partial charge in [0.15, 0.2) is 0 Å². The Morgan fingerprint density at radius 2 is 2.24 bits per heavy atom. The van der Waals surface area contributed by atoms with E-state index in [4.69, 9.17) is 0 Å². The number of H-pyrrole nitrogens is 1. The summed E-state index contributed by atoms with van der Waals surface area (Å²) >= 11 is 0. The molecule has 0 saturated heterocycles. The van der Waals surface area contributed by atoms with Gasteiger partial charge in [-0.25, -0.2) is 0 Å². The standard InChI is InChI=1S/C13H18N2O2/c1-2-7-15(9-10-3-4-10)13(17)11-5-6-12(16)14-8-11/h5-6,8,10H,2-4,7,9H2,1H3,(H,14,16). The zero-order chi connectivity index (χ0) is 12.3. The topological polar surface area (TPSA) is 53.2 Å². The maximum absolute atomic E-state index is 12.2. The lowest BCUT2D eigenvalue weighted by Gasteiger charge is -2.21. The van der Waals surface area contributed by atoms with Gasteiger partial charge in [0.05, 0.1) is 5.56 Å². The van der Waals surface area contributed by atoms with Crippen molar-refractivity contribution in [3.63, 3.8) is 0 Å². The Kier molecular flexibility index (Phi) is 3.61. The first kappa shape index (κ1) is 11.9. The van der Waals surface area contributed by atoms with E-state index in [1.54, 1.807) is 6.07 Å². The van der Waals surface area contributed by atoms with Crippen LogP contribution in [-0.4, -0.2) is 28.9 Å². The van der Waals surface area contributed by atoms with E-state index in [0.717, 1.165) is 19.5 Å². The maximum atomic E-state index is 12.2. The number of aromatic amines is 1. The molecule has 1 fully saturated rings. The molecule has 4 nitrogen and oxygen atoms in total. The van der Waals surface area contributed by atoms with E-state index in [0.29, 0.717) is 11.5 Å². The minimum absolute atomic E-state index is 0.0231. The largest absolute Gasteiger partial charge is 0.338 e. The summed E-state index contributed by atoms with van der Waals surface area (Å²) in [5, 5.41) is 0. The first-order valence-electron chi connectivity index (χ1n) is 6.18. The van der Waals surface area contributed by atoms with Gasteiger partial charge in [0.2, 0.25) is 5.56 Å². The van der Waals surface area contributed by atoms with E-state index in [-0.39, 0.29) is 11.5 Å². The Balaban J connectivity index is 2.08. The lowest BCUT2D eigenvalue weighted by atomic mass is 10.2. The quantitative estimate of drug-likeness (QED) is 0.842. The summed E-state index contributed by atoms with van der Waals surface area (Å²) in [5.74, 6) is 0.711. The molecule has 0 aliphatic heterocycles. The van der Waals surface area contributed by atoms with Crippen molar-refractivity contribution in [1.82, 2.24) is 9.88 Å². The third kappa shape index (κ3) is 3.19. The number of nitrogens with zero attached hydrogens (tertiary/aromatic N) is 1. The Bertz CT molecular complexity index is 428. The lowest BCUT2D eigenvalue weighted by Crippen LogP contribution is -2.33. The molecule has 1 saturated carbocycles. The van der Waals surface area contributed by atoms with Crippen LogP contribution in [0.1, 0.15) is 36.5 Å². The van der Waals surface area contributed by atoms with Crippen molar-refractivity contribution in [3.05, 3.63) is 34.2 Å². The van der Waals surface area contributed by atoms with Gasteiger partial charge in [-0.15, -0.1) is 0 Å². The van der Waals surface area contributed by atoms with Crippen LogP contribution in [0.15, 0.2) is 23.1 Å². The van der Waals surface area contributed by atoms with Gasteiger partial charge in [-0.1, -0.05) is 6.92 Å². The molecule has 1 aromatic rings. The average Bonchev–Trinajstić information content (AvgIpc) is 3.13. The molecule has 4 heteroatoms. The van der Waals surface area contributed by atoms with Gasteiger partial charge < -0.3 is 9.88 Å². The molecule has 0 radical (unpaired) electrons. The fourth-order valence-electron chi connectivity index (χ4n) is 1.88. The molecule has 1 aromatic heterocycles. The molecule has 0 spiro atoms. The van der Waals surface area contributed by atoms with E-state index in [1.165, 1.54) is 25.1 Å². The second kappa shape index (κ2) is 5.17. The van der Waals surface area contributed by atoms with E-state index in [2.05, 4.69) is 11.9 Å². The number of hydrogen-bond acceptors (Lipinski definition) is 2. The summed E-state index contributed by atoms with van der Waals surface area (Å²) in [6, 6.07) is 2.99. The van der Waals surface area contributed by atoms with Crippen LogP contribution < -0.4 is 5.56 Å². The van der Waals surface area contributed by atoms with Crippen LogP contribution in [0, 0.1) is 5.92 Å². The predicted molar refractivity (Wildman–Crippen MR) is 66.0 cm³/mol. The highest BCUT2D eigenvalue weighted by atomic mass is 16.2. The van der Waals surface area contributed by atoms with Crippen molar-refractivity contribution in [2.45, 2.75) is 26.2 Å². The summed E-state index contributed by atoms with van der Waals surface area (Å²) in [4.78, 5) is 27.6. The Morgan fingerprint density at radius 1 is 1.47 bits per heavy atom. The summed E-state index contributed by atoms with van der Waals surface area (Å²) in [5.41, 5.74) is 0.393. The van der Waals surface area contributed by atoms with Crippen molar-refractivity contribution in [2.75, 3.05) is 13.1 Å². The third-order valence-corrected chi connectivity index (χ3v) is 2.99. The second-order valence-electron chi connectivity index (χ2n) is 4.64. The number of hydrogen-bond donors (Lipinski definition) is 1. The lowest BCUT2D eigenvalue weighted by molar-refractivity contribution is 0.0747. The molecular weight excluding hydrogens is 216 g/mol. The fourth-order valence-corrected chi connectivity index (χ4v) is 1.88. The van der Waals surface area contributed by atoms with Gasteiger partial charge in [-0.3, -0.25) is 9.59 Å². The maximum Gasteiger partial charge on any atom is 0.255 e.